The molecule has 0 aromatic carbocycles. The van der Waals surface area contributed by atoms with Crippen molar-refractivity contribution in [3.63, 3.8) is 0 Å². The summed E-state index contributed by atoms with van der Waals surface area (Å²) in [5.41, 5.74) is 2.00. The summed E-state index contributed by atoms with van der Waals surface area (Å²) in [4.78, 5) is 5.34. The van der Waals surface area contributed by atoms with Crippen molar-refractivity contribution in [1.29, 1.82) is 0 Å². The molecule has 2 rings (SSSR count). The highest BCUT2D eigenvalue weighted by atomic mass is 32.1. The molecule has 4 heteroatoms. The van der Waals surface area contributed by atoms with E-state index in [2.05, 4.69) is 11.9 Å². The number of imidazole rings is 1. The lowest BCUT2D eigenvalue weighted by Gasteiger charge is -1.89. The first-order valence-corrected chi connectivity index (χ1v) is 4.78. The van der Waals surface area contributed by atoms with E-state index in [1.807, 2.05) is 16.0 Å². The van der Waals surface area contributed by atoms with Crippen molar-refractivity contribution in [3.8, 4) is 0 Å². The predicted molar refractivity (Wildman–Crippen MR) is 48.4 cm³/mol. The van der Waals surface area contributed by atoms with Crippen molar-refractivity contribution in [2.45, 2.75) is 20.0 Å². The molecule has 0 amide bonds. The highest BCUT2D eigenvalue weighted by molar-refractivity contribution is 7.15. The predicted octanol–water partition coefficient (Wildman–Crippen LogP) is 1.45. The Hall–Kier alpha value is -0.870. The molecule has 0 aliphatic heterocycles. The molecule has 0 spiro atoms. The van der Waals surface area contributed by atoms with Crippen LogP contribution in [0, 0.1) is 0 Å². The fourth-order valence-corrected chi connectivity index (χ4v) is 2.04. The molecule has 64 valence electrons. The molecular weight excluding hydrogens is 172 g/mol. The number of aliphatic hydroxyl groups is 1. The van der Waals surface area contributed by atoms with Gasteiger partial charge in [0.1, 0.15) is 0 Å². The number of hydrogen-bond acceptors (Lipinski definition) is 3. The fourth-order valence-electron chi connectivity index (χ4n) is 1.16. The number of nitrogens with zero attached hydrogens (tertiary/aromatic N) is 2. The Morgan fingerprint density at radius 2 is 2.50 bits per heavy atom. The van der Waals surface area contributed by atoms with Crippen LogP contribution in [-0.2, 0) is 13.0 Å². The zero-order valence-electron chi connectivity index (χ0n) is 6.82. The Morgan fingerprint density at radius 1 is 1.67 bits per heavy atom. The van der Waals surface area contributed by atoms with Gasteiger partial charge in [-0.15, -0.1) is 11.3 Å². The number of fused-ring (bicyclic) bond motifs is 1. The molecule has 0 saturated carbocycles. The normalized spacial score (nSPS) is 11.2. The lowest BCUT2D eigenvalue weighted by Crippen LogP contribution is -1.87. The molecule has 0 radical (unpaired) electrons. The zero-order chi connectivity index (χ0) is 8.55. The van der Waals surface area contributed by atoms with E-state index in [1.54, 1.807) is 11.3 Å². The molecule has 1 N–H and O–H groups in total. The molecular formula is C8H10N2OS. The van der Waals surface area contributed by atoms with Crippen LogP contribution in [0.15, 0.2) is 11.6 Å². The van der Waals surface area contributed by atoms with Crippen LogP contribution in [0.3, 0.4) is 0 Å². The first-order valence-electron chi connectivity index (χ1n) is 3.90. The maximum absolute atomic E-state index is 8.96. The summed E-state index contributed by atoms with van der Waals surface area (Å²) in [7, 11) is 0. The van der Waals surface area contributed by atoms with Crippen LogP contribution in [0.2, 0.25) is 0 Å². The minimum absolute atomic E-state index is 0.0829. The summed E-state index contributed by atoms with van der Waals surface area (Å²) in [6.07, 6.45) is 2.93. The lowest BCUT2D eigenvalue weighted by molar-refractivity contribution is 0.276. The monoisotopic (exact) mass is 182 g/mol. The van der Waals surface area contributed by atoms with Gasteiger partial charge in [0.15, 0.2) is 4.96 Å². The molecule has 2 heterocycles. The Labute approximate surface area is 74.3 Å². The van der Waals surface area contributed by atoms with Crippen molar-refractivity contribution in [3.05, 3.63) is 23.0 Å². The van der Waals surface area contributed by atoms with Crippen LogP contribution in [-0.4, -0.2) is 14.5 Å². The average Bonchev–Trinajstić information content (AvgIpc) is 2.61. The van der Waals surface area contributed by atoms with Gasteiger partial charge >= 0.3 is 0 Å². The third-order valence-corrected chi connectivity index (χ3v) is 2.75. The highest BCUT2D eigenvalue weighted by Gasteiger charge is 2.04. The van der Waals surface area contributed by atoms with Crippen LogP contribution in [0.25, 0.3) is 4.96 Å². The fraction of sp³-hybridized carbons (Fsp3) is 0.375. The number of thiazole rings is 1. The topological polar surface area (TPSA) is 37.5 Å². The van der Waals surface area contributed by atoms with Crippen LogP contribution in [0.4, 0.5) is 0 Å². The second-order valence-corrected chi connectivity index (χ2v) is 3.46. The Bertz CT molecular complexity index is 391. The van der Waals surface area contributed by atoms with Crippen LogP contribution < -0.4 is 0 Å². The molecule has 12 heavy (non-hydrogen) atoms. The lowest BCUT2D eigenvalue weighted by atomic mass is 10.4. The summed E-state index contributed by atoms with van der Waals surface area (Å²) < 4.78 is 1.95. The maximum Gasteiger partial charge on any atom is 0.194 e. The number of aliphatic hydroxyl groups excluding tert-OH is 1. The SMILES string of the molecule is CCc1cn2c(CO)csc2n1. The van der Waals surface area contributed by atoms with Gasteiger partial charge in [0.2, 0.25) is 0 Å². The van der Waals surface area contributed by atoms with Crippen LogP contribution >= 0.6 is 11.3 Å². The van der Waals surface area contributed by atoms with Gasteiger partial charge in [0.05, 0.1) is 18.0 Å². The van der Waals surface area contributed by atoms with E-state index in [4.69, 9.17) is 5.11 Å². The van der Waals surface area contributed by atoms with E-state index in [0.717, 1.165) is 22.8 Å². The van der Waals surface area contributed by atoms with Gasteiger partial charge < -0.3 is 5.11 Å². The van der Waals surface area contributed by atoms with Gasteiger partial charge in [-0.05, 0) is 6.42 Å². The van der Waals surface area contributed by atoms with Gasteiger partial charge in [-0.3, -0.25) is 4.40 Å². The number of rotatable bonds is 2. The summed E-state index contributed by atoms with van der Waals surface area (Å²) in [6, 6.07) is 0. The van der Waals surface area contributed by atoms with Crippen molar-refractivity contribution < 1.29 is 5.11 Å². The van der Waals surface area contributed by atoms with Crippen molar-refractivity contribution in [1.82, 2.24) is 9.38 Å². The summed E-state index contributed by atoms with van der Waals surface area (Å²) in [5.74, 6) is 0. The van der Waals surface area contributed by atoms with Gasteiger partial charge in [0.25, 0.3) is 0 Å². The van der Waals surface area contributed by atoms with E-state index in [1.165, 1.54) is 0 Å². The van der Waals surface area contributed by atoms with Gasteiger partial charge in [-0.25, -0.2) is 4.98 Å². The Kier molecular flexibility index (Phi) is 1.86. The molecule has 3 nitrogen and oxygen atoms in total. The number of hydrogen-bond donors (Lipinski definition) is 1. The zero-order valence-corrected chi connectivity index (χ0v) is 7.64. The van der Waals surface area contributed by atoms with Gasteiger partial charge in [-0.1, -0.05) is 6.92 Å². The molecule has 0 aliphatic rings. The second kappa shape index (κ2) is 2.88. The van der Waals surface area contributed by atoms with Crippen molar-refractivity contribution in [2.75, 3.05) is 0 Å². The molecule has 0 fully saturated rings. The molecule has 0 saturated heterocycles. The molecule has 0 aliphatic carbocycles. The van der Waals surface area contributed by atoms with E-state index >= 15 is 0 Å². The number of aryl methyl sites for hydroxylation is 1. The molecule has 0 bridgehead atoms. The smallest absolute Gasteiger partial charge is 0.194 e. The Morgan fingerprint density at radius 3 is 3.17 bits per heavy atom. The number of aromatic nitrogens is 2. The van der Waals surface area contributed by atoms with Crippen LogP contribution in [0.5, 0.6) is 0 Å². The third-order valence-electron chi connectivity index (χ3n) is 1.86. The molecule has 2 aromatic rings. The van der Waals surface area contributed by atoms with Gasteiger partial charge in [-0.2, -0.15) is 0 Å². The molecule has 0 unspecified atom stereocenters. The van der Waals surface area contributed by atoms with E-state index in [-0.39, 0.29) is 6.61 Å². The standard InChI is InChI=1S/C8H10N2OS/c1-2-6-3-10-7(4-11)5-12-8(10)9-6/h3,5,11H,2,4H2,1H3. The third kappa shape index (κ3) is 1.04. The van der Waals surface area contributed by atoms with E-state index in [9.17, 15) is 0 Å². The van der Waals surface area contributed by atoms with Crippen molar-refractivity contribution >= 4 is 16.3 Å². The molecule has 2 aromatic heterocycles. The minimum Gasteiger partial charge on any atom is -0.390 e. The first kappa shape index (κ1) is 7.76. The van der Waals surface area contributed by atoms with Crippen molar-refractivity contribution in [2.24, 2.45) is 0 Å². The summed E-state index contributed by atoms with van der Waals surface area (Å²) in [5, 5.41) is 10.9. The Balaban J connectivity index is 2.60. The van der Waals surface area contributed by atoms with E-state index in [0.29, 0.717) is 0 Å². The second-order valence-electron chi connectivity index (χ2n) is 2.62. The average molecular weight is 182 g/mol. The van der Waals surface area contributed by atoms with Gasteiger partial charge in [0, 0.05) is 11.6 Å². The summed E-state index contributed by atoms with van der Waals surface area (Å²) >= 11 is 1.57. The summed E-state index contributed by atoms with van der Waals surface area (Å²) in [6.45, 7) is 2.16. The largest absolute Gasteiger partial charge is 0.390 e. The quantitative estimate of drug-likeness (QED) is 0.763. The van der Waals surface area contributed by atoms with E-state index < -0.39 is 0 Å². The maximum atomic E-state index is 8.96. The minimum atomic E-state index is 0.0829. The van der Waals surface area contributed by atoms with Crippen LogP contribution in [0.1, 0.15) is 18.3 Å². The highest BCUT2D eigenvalue weighted by Crippen LogP contribution is 2.16. The first-order chi connectivity index (χ1) is 5.85. The molecule has 0 atom stereocenters.